The fourth-order valence-electron chi connectivity index (χ4n) is 3.53. The lowest BCUT2D eigenvalue weighted by Crippen LogP contribution is -2.50. The summed E-state index contributed by atoms with van der Waals surface area (Å²) in [6, 6.07) is 2.45. The summed E-state index contributed by atoms with van der Waals surface area (Å²) in [5.41, 5.74) is 0. The number of hydrogen-bond donors (Lipinski definition) is 1. The van der Waals surface area contributed by atoms with Crippen molar-refractivity contribution in [3.63, 3.8) is 0 Å². The van der Waals surface area contributed by atoms with E-state index in [0.717, 1.165) is 18.1 Å². The molecule has 5 heteroatoms. The third-order valence-corrected chi connectivity index (χ3v) is 8.29. The third kappa shape index (κ3) is 4.73. The molecule has 0 unspecified atom stereocenters. The molecule has 3 aliphatic heterocycles. The molecule has 0 amide bonds. The maximum atomic E-state index is 3.95. The number of hydrogen-bond acceptors (Lipinski definition) is 5. The van der Waals surface area contributed by atoms with E-state index in [2.05, 4.69) is 45.5 Å². The smallest absolute Gasteiger partial charge is 0.0251 e. The molecule has 3 saturated heterocycles. The van der Waals surface area contributed by atoms with E-state index in [4.69, 9.17) is 0 Å². The molecule has 3 aliphatic rings. The molecule has 0 bridgehead atoms. The fourth-order valence-corrected chi connectivity index (χ4v) is 7.03. The van der Waals surface area contributed by atoms with Crippen LogP contribution in [0.1, 0.15) is 25.7 Å². The van der Waals surface area contributed by atoms with Crippen molar-refractivity contribution in [2.75, 3.05) is 47.6 Å². The first-order valence-corrected chi connectivity index (χ1v) is 11.6. The predicted molar refractivity (Wildman–Crippen MR) is 96.5 cm³/mol. The molecule has 3 rings (SSSR count). The average molecular weight is 333 g/mol. The van der Waals surface area contributed by atoms with Gasteiger partial charge in [0, 0.05) is 41.1 Å². The van der Waals surface area contributed by atoms with Crippen molar-refractivity contribution in [3.8, 4) is 0 Å². The van der Waals surface area contributed by atoms with E-state index in [0.29, 0.717) is 0 Å². The number of likely N-dealkylation sites (tertiary alicyclic amines) is 1. The van der Waals surface area contributed by atoms with Crippen LogP contribution in [0, 0.1) is 0 Å². The summed E-state index contributed by atoms with van der Waals surface area (Å²) in [7, 11) is 0. The van der Waals surface area contributed by atoms with Crippen LogP contribution in [0.4, 0.5) is 0 Å². The zero-order valence-corrected chi connectivity index (χ0v) is 14.8. The summed E-state index contributed by atoms with van der Waals surface area (Å²) in [6.45, 7) is 2.67. The molecule has 0 aliphatic carbocycles. The van der Waals surface area contributed by atoms with E-state index in [9.17, 15) is 0 Å². The van der Waals surface area contributed by atoms with Crippen LogP contribution in [0.15, 0.2) is 0 Å². The fraction of sp³-hybridized carbons (Fsp3) is 1.00. The van der Waals surface area contributed by atoms with Crippen molar-refractivity contribution in [3.05, 3.63) is 0 Å². The van der Waals surface area contributed by atoms with Gasteiger partial charge >= 0.3 is 0 Å². The van der Waals surface area contributed by atoms with Gasteiger partial charge in [-0.1, -0.05) is 0 Å². The van der Waals surface area contributed by atoms with Gasteiger partial charge in [-0.05, 0) is 50.3 Å². The Labute approximate surface area is 137 Å². The van der Waals surface area contributed by atoms with Crippen molar-refractivity contribution in [1.29, 1.82) is 0 Å². The molecule has 0 radical (unpaired) electrons. The molecule has 0 aromatic rings. The normalized spacial score (nSPS) is 29.4. The molecule has 3 heterocycles. The minimum Gasteiger partial charge on any atom is -0.309 e. The van der Waals surface area contributed by atoms with Gasteiger partial charge in [0.25, 0.3) is 0 Å². The van der Waals surface area contributed by atoms with Crippen LogP contribution < -0.4 is 5.32 Å². The lowest BCUT2D eigenvalue weighted by atomic mass is 10.0. The highest BCUT2D eigenvalue weighted by Crippen LogP contribution is 2.25. The van der Waals surface area contributed by atoms with E-state index in [1.54, 1.807) is 0 Å². The molecule has 2 nitrogen and oxygen atoms in total. The van der Waals surface area contributed by atoms with Crippen molar-refractivity contribution in [1.82, 2.24) is 10.2 Å². The molecule has 0 aromatic heterocycles. The molecule has 0 spiro atoms. The Morgan fingerprint density at radius 3 is 2.00 bits per heavy atom. The Morgan fingerprint density at radius 2 is 1.35 bits per heavy atom. The van der Waals surface area contributed by atoms with Gasteiger partial charge in [-0.15, -0.1) is 0 Å². The van der Waals surface area contributed by atoms with E-state index < -0.39 is 0 Å². The second kappa shape index (κ2) is 8.56. The summed E-state index contributed by atoms with van der Waals surface area (Å²) in [6.07, 6.45) is 5.60. The van der Waals surface area contributed by atoms with Crippen LogP contribution in [-0.4, -0.2) is 70.6 Å². The topological polar surface area (TPSA) is 15.3 Å². The highest BCUT2D eigenvalue weighted by Gasteiger charge is 2.27. The summed E-state index contributed by atoms with van der Waals surface area (Å²) >= 11 is 6.42. The molecule has 1 N–H and O–H groups in total. The maximum absolute atomic E-state index is 3.95. The van der Waals surface area contributed by atoms with Gasteiger partial charge in [0.05, 0.1) is 0 Å². The van der Waals surface area contributed by atoms with Crippen LogP contribution in [0.2, 0.25) is 0 Å². The third-order valence-electron chi connectivity index (χ3n) is 4.72. The SMILES string of the molecule is C1CC(N2CCC(NC3CSCCSC3)CC2)CCS1. The molecule has 3 fully saturated rings. The van der Waals surface area contributed by atoms with Gasteiger partial charge in [-0.2, -0.15) is 35.3 Å². The van der Waals surface area contributed by atoms with Gasteiger partial charge in [0.15, 0.2) is 0 Å². The number of thioether (sulfide) groups is 3. The van der Waals surface area contributed by atoms with Gasteiger partial charge in [-0.3, -0.25) is 0 Å². The number of nitrogens with one attached hydrogen (secondary N) is 1. The molecular weight excluding hydrogens is 304 g/mol. The monoisotopic (exact) mass is 332 g/mol. The zero-order valence-electron chi connectivity index (χ0n) is 12.4. The second-order valence-electron chi connectivity index (χ2n) is 6.17. The van der Waals surface area contributed by atoms with Crippen molar-refractivity contribution in [2.45, 2.75) is 43.8 Å². The maximum Gasteiger partial charge on any atom is 0.0251 e. The molecule has 0 atom stereocenters. The first-order chi connectivity index (χ1) is 9.92. The van der Waals surface area contributed by atoms with Crippen molar-refractivity contribution >= 4 is 35.3 Å². The summed E-state index contributed by atoms with van der Waals surface area (Å²) in [5.74, 6) is 8.13. The zero-order chi connectivity index (χ0) is 13.6. The minimum absolute atomic E-state index is 0.759. The Bertz CT molecular complexity index is 268. The molecule has 116 valence electrons. The number of piperidine rings is 1. The Hall–Kier alpha value is 0.970. The van der Waals surface area contributed by atoms with Gasteiger partial charge in [0.1, 0.15) is 0 Å². The number of rotatable bonds is 3. The Morgan fingerprint density at radius 1 is 0.700 bits per heavy atom. The molecule has 0 saturated carbocycles. The molecule has 20 heavy (non-hydrogen) atoms. The van der Waals surface area contributed by atoms with Crippen molar-refractivity contribution in [2.24, 2.45) is 0 Å². The van der Waals surface area contributed by atoms with E-state index >= 15 is 0 Å². The lowest BCUT2D eigenvalue weighted by molar-refractivity contribution is 0.134. The standard InChI is InChI=1S/C15H28N2S3/c1-5-17(15-3-7-18-8-4-15)6-2-13(1)16-14-11-19-9-10-20-12-14/h13-16H,1-12H2. The Kier molecular flexibility index (Phi) is 6.79. The highest BCUT2D eigenvalue weighted by atomic mass is 32.2. The molecule has 0 aromatic carbocycles. The van der Waals surface area contributed by atoms with Crippen LogP contribution in [0.3, 0.4) is 0 Å². The van der Waals surface area contributed by atoms with E-state index in [1.165, 1.54) is 73.3 Å². The van der Waals surface area contributed by atoms with Crippen LogP contribution in [0.5, 0.6) is 0 Å². The summed E-state index contributed by atoms with van der Waals surface area (Å²) in [5, 5.41) is 3.95. The molecular formula is C15H28N2S3. The number of nitrogens with zero attached hydrogens (tertiary/aromatic N) is 1. The summed E-state index contributed by atoms with van der Waals surface area (Å²) in [4.78, 5) is 2.79. The average Bonchev–Trinajstić information content (AvgIpc) is 2.78. The van der Waals surface area contributed by atoms with Crippen molar-refractivity contribution < 1.29 is 0 Å². The van der Waals surface area contributed by atoms with Gasteiger partial charge in [-0.25, -0.2) is 0 Å². The highest BCUT2D eigenvalue weighted by molar-refractivity contribution is 8.03. The summed E-state index contributed by atoms with van der Waals surface area (Å²) < 4.78 is 0. The Balaban J connectivity index is 1.39. The quantitative estimate of drug-likeness (QED) is 0.852. The van der Waals surface area contributed by atoms with E-state index in [1.807, 2.05) is 0 Å². The van der Waals surface area contributed by atoms with Gasteiger partial charge in [0.2, 0.25) is 0 Å². The van der Waals surface area contributed by atoms with Crippen LogP contribution in [0.25, 0.3) is 0 Å². The first kappa shape index (κ1) is 15.9. The first-order valence-electron chi connectivity index (χ1n) is 8.15. The van der Waals surface area contributed by atoms with Crippen LogP contribution in [-0.2, 0) is 0 Å². The van der Waals surface area contributed by atoms with Gasteiger partial charge < -0.3 is 10.2 Å². The largest absolute Gasteiger partial charge is 0.309 e. The second-order valence-corrected chi connectivity index (χ2v) is 9.69. The van der Waals surface area contributed by atoms with E-state index in [-0.39, 0.29) is 0 Å². The van der Waals surface area contributed by atoms with Crippen LogP contribution >= 0.6 is 35.3 Å². The lowest BCUT2D eigenvalue weighted by Gasteiger charge is -2.40. The predicted octanol–water partition coefficient (Wildman–Crippen LogP) is 2.78. The minimum atomic E-state index is 0.759.